The molecule has 0 bridgehead atoms. The lowest BCUT2D eigenvalue weighted by Gasteiger charge is -2.03. The molecule has 3 nitrogen and oxygen atoms in total. The molecule has 0 atom stereocenters. The minimum Gasteiger partial charge on any atom is -1.00 e. The number of aromatic nitrogens is 2. The van der Waals surface area contributed by atoms with Gasteiger partial charge in [-0.15, -0.1) is 0 Å². The first-order valence-corrected chi connectivity index (χ1v) is 9.54. The van der Waals surface area contributed by atoms with Crippen molar-refractivity contribution in [1.82, 2.24) is 4.57 Å². The SMILES string of the molecule is CCCCCCCCCCCCn1cc[n+](CCCN)c1C.[Cl-]. The van der Waals surface area contributed by atoms with E-state index in [1.54, 1.807) is 0 Å². The Hall–Kier alpha value is -0.540. The fourth-order valence-electron chi connectivity index (χ4n) is 3.05. The summed E-state index contributed by atoms with van der Waals surface area (Å²) in [6.45, 7) is 7.49. The lowest BCUT2D eigenvalue weighted by atomic mass is 10.1. The minimum absolute atomic E-state index is 0. The van der Waals surface area contributed by atoms with Crippen molar-refractivity contribution in [3.8, 4) is 0 Å². The molecule has 0 saturated carbocycles. The van der Waals surface area contributed by atoms with Crippen molar-refractivity contribution >= 4 is 0 Å². The van der Waals surface area contributed by atoms with Crippen LogP contribution in [0.25, 0.3) is 0 Å². The summed E-state index contributed by atoms with van der Waals surface area (Å²) in [7, 11) is 0. The van der Waals surface area contributed by atoms with Crippen LogP contribution < -0.4 is 22.7 Å². The van der Waals surface area contributed by atoms with E-state index in [0.717, 1.165) is 26.1 Å². The summed E-state index contributed by atoms with van der Waals surface area (Å²) >= 11 is 0. The summed E-state index contributed by atoms with van der Waals surface area (Å²) in [4.78, 5) is 0. The normalized spacial score (nSPS) is 10.7. The molecule has 0 unspecified atom stereocenters. The van der Waals surface area contributed by atoms with Crippen LogP contribution in [0.3, 0.4) is 0 Å². The maximum atomic E-state index is 5.59. The van der Waals surface area contributed by atoms with E-state index < -0.39 is 0 Å². The molecule has 1 aromatic rings. The van der Waals surface area contributed by atoms with Gasteiger partial charge in [-0.1, -0.05) is 58.3 Å². The first-order chi connectivity index (χ1) is 10.8. The van der Waals surface area contributed by atoms with Gasteiger partial charge in [0.25, 0.3) is 5.82 Å². The zero-order chi connectivity index (χ0) is 16.0. The summed E-state index contributed by atoms with van der Waals surface area (Å²) < 4.78 is 4.71. The molecule has 1 rings (SSSR count). The summed E-state index contributed by atoms with van der Waals surface area (Å²) in [6, 6.07) is 0. The van der Waals surface area contributed by atoms with Crippen molar-refractivity contribution in [2.45, 2.75) is 97.6 Å². The Bertz CT molecular complexity index is 377. The number of imidazole rings is 1. The van der Waals surface area contributed by atoms with Gasteiger partial charge in [0.2, 0.25) is 0 Å². The lowest BCUT2D eigenvalue weighted by Crippen LogP contribution is -3.00. The van der Waals surface area contributed by atoms with E-state index in [4.69, 9.17) is 5.73 Å². The number of rotatable bonds is 14. The van der Waals surface area contributed by atoms with Gasteiger partial charge in [0.05, 0.1) is 13.1 Å². The Labute approximate surface area is 150 Å². The topological polar surface area (TPSA) is 34.8 Å². The molecular formula is C19H38ClN3. The van der Waals surface area contributed by atoms with E-state index in [-0.39, 0.29) is 12.4 Å². The minimum atomic E-state index is 0. The van der Waals surface area contributed by atoms with Crippen LogP contribution in [0.5, 0.6) is 0 Å². The largest absolute Gasteiger partial charge is 1.00 e. The van der Waals surface area contributed by atoms with E-state index in [0.29, 0.717) is 0 Å². The summed E-state index contributed by atoms with van der Waals surface area (Å²) in [6.07, 6.45) is 19.5. The van der Waals surface area contributed by atoms with Gasteiger partial charge in [0, 0.05) is 6.92 Å². The third-order valence-corrected chi connectivity index (χ3v) is 4.61. The first kappa shape index (κ1) is 22.5. The number of unbranched alkanes of at least 4 members (excludes halogenated alkanes) is 9. The van der Waals surface area contributed by atoms with Gasteiger partial charge in [-0.2, -0.15) is 0 Å². The number of nitrogens with two attached hydrogens (primary N) is 1. The third kappa shape index (κ3) is 10.0. The van der Waals surface area contributed by atoms with E-state index in [9.17, 15) is 0 Å². The molecule has 0 aliphatic heterocycles. The van der Waals surface area contributed by atoms with Gasteiger partial charge in [-0.25, -0.2) is 9.13 Å². The van der Waals surface area contributed by atoms with Crippen LogP contribution >= 0.6 is 0 Å². The van der Waals surface area contributed by atoms with Gasteiger partial charge in [0.1, 0.15) is 12.4 Å². The molecule has 1 aromatic heterocycles. The summed E-state index contributed by atoms with van der Waals surface area (Å²) in [5.41, 5.74) is 5.59. The Morgan fingerprint density at radius 2 is 1.48 bits per heavy atom. The van der Waals surface area contributed by atoms with Gasteiger partial charge >= 0.3 is 0 Å². The number of halogens is 1. The molecule has 0 spiro atoms. The second kappa shape index (κ2) is 15.0. The second-order valence-electron chi connectivity index (χ2n) is 6.56. The number of hydrogen-bond acceptors (Lipinski definition) is 1. The van der Waals surface area contributed by atoms with Crippen molar-refractivity contribution in [2.24, 2.45) is 5.73 Å². The van der Waals surface area contributed by atoms with E-state index >= 15 is 0 Å². The van der Waals surface area contributed by atoms with Gasteiger partial charge in [0.15, 0.2) is 0 Å². The van der Waals surface area contributed by atoms with Crippen LogP contribution in [0, 0.1) is 6.92 Å². The summed E-state index contributed by atoms with van der Waals surface area (Å²) in [5.74, 6) is 1.37. The van der Waals surface area contributed by atoms with Crippen LogP contribution in [0.4, 0.5) is 0 Å². The van der Waals surface area contributed by atoms with Crippen LogP contribution in [0.15, 0.2) is 12.4 Å². The molecule has 0 saturated heterocycles. The van der Waals surface area contributed by atoms with Gasteiger partial charge in [-0.3, -0.25) is 0 Å². The van der Waals surface area contributed by atoms with Crippen molar-refractivity contribution in [2.75, 3.05) is 6.54 Å². The predicted octanol–water partition coefficient (Wildman–Crippen LogP) is 1.36. The molecule has 0 amide bonds. The van der Waals surface area contributed by atoms with Crippen molar-refractivity contribution in [1.29, 1.82) is 0 Å². The zero-order valence-corrected chi connectivity index (χ0v) is 16.2. The maximum absolute atomic E-state index is 5.59. The molecule has 0 aromatic carbocycles. The molecule has 1 heterocycles. The molecule has 0 aliphatic carbocycles. The average Bonchev–Trinajstić information content (AvgIpc) is 2.87. The smallest absolute Gasteiger partial charge is 0.253 e. The van der Waals surface area contributed by atoms with Crippen LogP contribution in [-0.4, -0.2) is 11.1 Å². The Morgan fingerprint density at radius 1 is 0.913 bits per heavy atom. The maximum Gasteiger partial charge on any atom is 0.253 e. The van der Waals surface area contributed by atoms with Gasteiger partial charge in [-0.05, 0) is 25.8 Å². The van der Waals surface area contributed by atoms with Crippen molar-refractivity contribution in [3.05, 3.63) is 18.2 Å². The highest BCUT2D eigenvalue weighted by Crippen LogP contribution is 2.11. The Balaban J connectivity index is 0.00000484. The molecular weight excluding hydrogens is 306 g/mol. The van der Waals surface area contributed by atoms with Crippen LogP contribution in [0.2, 0.25) is 0 Å². The first-order valence-electron chi connectivity index (χ1n) is 9.54. The highest BCUT2D eigenvalue weighted by atomic mass is 35.5. The molecule has 0 fully saturated rings. The molecule has 0 radical (unpaired) electrons. The number of hydrogen-bond donors (Lipinski definition) is 1. The number of nitrogens with zero attached hydrogens (tertiary/aromatic N) is 2. The quantitative estimate of drug-likeness (QED) is 0.402. The number of aryl methyl sites for hydroxylation is 2. The predicted molar refractivity (Wildman–Crippen MR) is 94.9 cm³/mol. The fourth-order valence-corrected chi connectivity index (χ4v) is 3.05. The van der Waals surface area contributed by atoms with Crippen molar-refractivity contribution in [3.63, 3.8) is 0 Å². The summed E-state index contributed by atoms with van der Waals surface area (Å²) in [5, 5.41) is 0. The second-order valence-corrected chi connectivity index (χ2v) is 6.56. The Morgan fingerprint density at radius 3 is 2.04 bits per heavy atom. The van der Waals surface area contributed by atoms with Crippen molar-refractivity contribution < 1.29 is 17.0 Å². The standard InChI is InChI=1S/C19H38N3.ClH/c1-3-4-5-6-7-8-9-10-11-12-15-21-17-18-22(19(21)2)16-13-14-20;/h17-18H,3-16,20H2,1-2H3;1H/q+1;/p-1. The van der Waals surface area contributed by atoms with Gasteiger partial charge < -0.3 is 18.1 Å². The molecule has 2 N–H and O–H groups in total. The highest BCUT2D eigenvalue weighted by molar-refractivity contribution is 4.79. The molecule has 0 aliphatic rings. The van der Waals surface area contributed by atoms with Crippen LogP contribution in [-0.2, 0) is 13.1 Å². The fraction of sp³-hybridized carbons (Fsp3) is 0.842. The molecule has 4 heteroatoms. The van der Waals surface area contributed by atoms with E-state index in [2.05, 4.69) is 35.4 Å². The zero-order valence-electron chi connectivity index (χ0n) is 15.4. The molecule has 136 valence electrons. The third-order valence-electron chi connectivity index (χ3n) is 4.61. The average molecular weight is 344 g/mol. The van der Waals surface area contributed by atoms with E-state index in [1.165, 1.54) is 70.0 Å². The monoisotopic (exact) mass is 343 g/mol. The van der Waals surface area contributed by atoms with Crippen LogP contribution in [0.1, 0.15) is 83.4 Å². The molecule has 23 heavy (non-hydrogen) atoms. The van der Waals surface area contributed by atoms with E-state index in [1.807, 2.05) is 0 Å². The Kier molecular flexibility index (Phi) is 14.7. The lowest BCUT2D eigenvalue weighted by molar-refractivity contribution is -0.702. The highest BCUT2D eigenvalue weighted by Gasteiger charge is 2.10.